The molecule has 0 aliphatic heterocycles. The molecular formula is C23H24N4O. The molecule has 0 N–H and O–H groups in total. The second kappa shape index (κ2) is 8.23. The summed E-state index contributed by atoms with van der Waals surface area (Å²) in [5.41, 5.74) is 5.29. The van der Waals surface area contributed by atoms with Crippen LogP contribution in [-0.4, -0.2) is 46.5 Å². The molecule has 3 heterocycles. The number of pyridine rings is 2. The average molecular weight is 372 g/mol. The summed E-state index contributed by atoms with van der Waals surface area (Å²) in [6.45, 7) is 1.68. The van der Waals surface area contributed by atoms with Gasteiger partial charge in [-0.2, -0.15) is 0 Å². The smallest absolute Gasteiger partial charge is 0.213 e. The first-order valence-corrected chi connectivity index (χ1v) is 9.47. The highest BCUT2D eigenvalue weighted by Crippen LogP contribution is 2.25. The summed E-state index contributed by atoms with van der Waals surface area (Å²) in [6, 6.07) is 18.4. The van der Waals surface area contributed by atoms with Crippen molar-refractivity contribution in [1.29, 1.82) is 0 Å². The lowest BCUT2D eigenvalue weighted by Gasteiger charge is -2.10. The molecule has 0 spiro atoms. The molecular weight excluding hydrogens is 348 g/mol. The predicted octanol–water partition coefficient (Wildman–Crippen LogP) is 4.39. The van der Waals surface area contributed by atoms with Crippen molar-refractivity contribution in [2.45, 2.75) is 6.42 Å². The minimum absolute atomic E-state index is 0.663. The normalized spacial score (nSPS) is 11.2. The Morgan fingerprint density at radius 2 is 1.75 bits per heavy atom. The summed E-state index contributed by atoms with van der Waals surface area (Å²) < 4.78 is 7.82. The van der Waals surface area contributed by atoms with Gasteiger partial charge in [-0.05, 0) is 44.3 Å². The maximum absolute atomic E-state index is 5.72. The van der Waals surface area contributed by atoms with Gasteiger partial charge in [0.15, 0.2) is 0 Å². The summed E-state index contributed by atoms with van der Waals surface area (Å²) >= 11 is 0. The highest BCUT2D eigenvalue weighted by atomic mass is 16.5. The summed E-state index contributed by atoms with van der Waals surface area (Å²) in [7, 11) is 4.12. The maximum atomic E-state index is 5.72. The summed E-state index contributed by atoms with van der Waals surface area (Å²) in [6.07, 6.45) is 6.81. The number of benzene rings is 1. The lowest BCUT2D eigenvalue weighted by molar-refractivity contribution is 0.273. The van der Waals surface area contributed by atoms with E-state index in [0.717, 1.165) is 41.0 Å². The minimum Gasteiger partial charge on any atom is -0.478 e. The number of hydrogen-bond acceptors (Lipinski definition) is 4. The molecule has 0 unspecified atom stereocenters. The third-order valence-electron chi connectivity index (χ3n) is 4.65. The topological polar surface area (TPSA) is 42.7 Å². The van der Waals surface area contributed by atoms with E-state index in [2.05, 4.69) is 63.8 Å². The molecule has 3 aromatic heterocycles. The fourth-order valence-corrected chi connectivity index (χ4v) is 3.18. The second-order valence-electron chi connectivity index (χ2n) is 7.04. The molecule has 0 aliphatic rings. The second-order valence-corrected chi connectivity index (χ2v) is 7.04. The molecule has 1 aromatic carbocycles. The maximum Gasteiger partial charge on any atom is 0.213 e. The SMILES string of the molecule is CN(C)CCCOc1ccc(-c2ccn3c(-c4ccccc4)cnc3c2)cn1. The Hall–Kier alpha value is -3.18. The van der Waals surface area contributed by atoms with Gasteiger partial charge in [0.1, 0.15) is 5.65 Å². The monoisotopic (exact) mass is 372 g/mol. The van der Waals surface area contributed by atoms with Crippen LogP contribution in [0.25, 0.3) is 28.0 Å². The van der Waals surface area contributed by atoms with Crippen LogP contribution in [0.2, 0.25) is 0 Å². The van der Waals surface area contributed by atoms with Crippen LogP contribution in [0.4, 0.5) is 0 Å². The molecule has 142 valence electrons. The lowest BCUT2D eigenvalue weighted by Crippen LogP contribution is -2.15. The van der Waals surface area contributed by atoms with E-state index in [4.69, 9.17) is 4.74 Å². The van der Waals surface area contributed by atoms with E-state index < -0.39 is 0 Å². The van der Waals surface area contributed by atoms with Gasteiger partial charge in [-0.1, -0.05) is 30.3 Å². The summed E-state index contributed by atoms with van der Waals surface area (Å²) in [5, 5.41) is 0. The Kier molecular flexibility index (Phi) is 5.35. The van der Waals surface area contributed by atoms with Crippen LogP contribution in [-0.2, 0) is 0 Å². The van der Waals surface area contributed by atoms with Crippen LogP contribution >= 0.6 is 0 Å². The Bertz CT molecular complexity index is 1040. The first kappa shape index (κ1) is 18.2. The molecule has 0 fully saturated rings. The number of fused-ring (bicyclic) bond motifs is 1. The Morgan fingerprint density at radius 3 is 2.50 bits per heavy atom. The van der Waals surface area contributed by atoms with Gasteiger partial charge in [-0.25, -0.2) is 9.97 Å². The fourth-order valence-electron chi connectivity index (χ4n) is 3.18. The highest BCUT2D eigenvalue weighted by Gasteiger charge is 2.07. The van der Waals surface area contributed by atoms with Gasteiger partial charge in [0.2, 0.25) is 5.88 Å². The largest absolute Gasteiger partial charge is 0.478 e. The molecule has 0 atom stereocenters. The molecule has 0 saturated carbocycles. The van der Waals surface area contributed by atoms with Crippen LogP contribution < -0.4 is 4.74 Å². The molecule has 0 amide bonds. The quantitative estimate of drug-likeness (QED) is 0.451. The van der Waals surface area contributed by atoms with Gasteiger partial charge in [0.05, 0.1) is 18.5 Å². The zero-order valence-electron chi connectivity index (χ0n) is 16.2. The van der Waals surface area contributed by atoms with Crippen molar-refractivity contribution in [3.63, 3.8) is 0 Å². The number of imidazole rings is 1. The van der Waals surface area contributed by atoms with Crippen LogP contribution in [0.15, 0.2) is 73.2 Å². The van der Waals surface area contributed by atoms with Gasteiger partial charge in [0.25, 0.3) is 0 Å². The highest BCUT2D eigenvalue weighted by molar-refractivity contribution is 5.70. The molecule has 0 aliphatic carbocycles. The standard InChI is InChI=1S/C23H24N4O/c1-26(2)12-6-14-28-23-10-9-20(16-25-23)19-11-13-27-21(17-24-22(27)15-19)18-7-4-3-5-8-18/h3-5,7-11,13,15-17H,6,12,14H2,1-2H3. The summed E-state index contributed by atoms with van der Waals surface area (Å²) in [4.78, 5) is 11.2. The van der Waals surface area contributed by atoms with E-state index in [0.29, 0.717) is 12.5 Å². The van der Waals surface area contributed by atoms with Gasteiger partial charge >= 0.3 is 0 Å². The van der Waals surface area contributed by atoms with Crippen LogP contribution in [0.3, 0.4) is 0 Å². The van der Waals surface area contributed by atoms with E-state index in [1.165, 1.54) is 0 Å². The van der Waals surface area contributed by atoms with Crippen LogP contribution in [0, 0.1) is 0 Å². The Labute approximate surface area is 165 Å². The molecule has 4 aromatic rings. The van der Waals surface area contributed by atoms with Crippen molar-refractivity contribution in [1.82, 2.24) is 19.3 Å². The fraction of sp³-hybridized carbons (Fsp3) is 0.217. The zero-order chi connectivity index (χ0) is 19.3. The minimum atomic E-state index is 0.663. The number of aromatic nitrogens is 3. The van der Waals surface area contributed by atoms with Crippen molar-refractivity contribution in [2.24, 2.45) is 0 Å². The first-order chi connectivity index (χ1) is 13.7. The molecule has 5 nitrogen and oxygen atoms in total. The third kappa shape index (κ3) is 4.05. The van der Waals surface area contributed by atoms with E-state index in [1.807, 2.05) is 42.7 Å². The molecule has 4 rings (SSSR count). The first-order valence-electron chi connectivity index (χ1n) is 9.47. The van der Waals surface area contributed by atoms with Crippen molar-refractivity contribution in [2.75, 3.05) is 27.2 Å². The molecule has 28 heavy (non-hydrogen) atoms. The molecule has 0 bridgehead atoms. The number of rotatable bonds is 7. The van der Waals surface area contributed by atoms with Gasteiger partial charge in [-0.15, -0.1) is 0 Å². The molecule has 0 radical (unpaired) electrons. The third-order valence-corrected chi connectivity index (χ3v) is 4.65. The van der Waals surface area contributed by atoms with Crippen molar-refractivity contribution in [3.8, 4) is 28.3 Å². The van der Waals surface area contributed by atoms with Gasteiger partial charge in [0, 0.05) is 36.1 Å². The number of hydrogen-bond donors (Lipinski definition) is 0. The lowest BCUT2D eigenvalue weighted by atomic mass is 10.1. The van der Waals surface area contributed by atoms with E-state index in [1.54, 1.807) is 0 Å². The van der Waals surface area contributed by atoms with E-state index in [9.17, 15) is 0 Å². The van der Waals surface area contributed by atoms with Crippen LogP contribution in [0.5, 0.6) is 5.88 Å². The zero-order valence-corrected chi connectivity index (χ0v) is 16.2. The van der Waals surface area contributed by atoms with Crippen LogP contribution in [0.1, 0.15) is 6.42 Å². The number of ether oxygens (including phenoxy) is 1. The predicted molar refractivity (Wildman–Crippen MR) is 113 cm³/mol. The van der Waals surface area contributed by atoms with Gasteiger partial charge < -0.3 is 9.64 Å². The Balaban J connectivity index is 1.50. The Morgan fingerprint density at radius 1 is 0.893 bits per heavy atom. The van der Waals surface area contributed by atoms with E-state index in [-0.39, 0.29) is 0 Å². The van der Waals surface area contributed by atoms with Crippen molar-refractivity contribution < 1.29 is 4.74 Å². The van der Waals surface area contributed by atoms with E-state index >= 15 is 0 Å². The summed E-state index contributed by atoms with van der Waals surface area (Å²) in [5.74, 6) is 0.663. The van der Waals surface area contributed by atoms with Crippen molar-refractivity contribution in [3.05, 3.63) is 73.2 Å². The molecule has 0 saturated heterocycles. The van der Waals surface area contributed by atoms with Crippen molar-refractivity contribution >= 4 is 5.65 Å². The average Bonchev–Trinajstić information content (AvgIpc) is 3.15. The molecule has 5 heteroatoms. The number of nitrogens with zero attached hydrogens (tertiary/aromatic N) is 4. The van der Waals surface area contributed by atoms with Gasteiger partial charge in [-0.3, -0.25) is 4.40 Å².